The molecule has 0 radical (unpaired) electrons. The Morgan fingerprint density at radius 3 is 2.70 bits per heavy atom. The highest BCUT2D eigenvalue weighted by atomic mass is 79.9. The smallest absolute Gasteiger partial charge is 0.321 e. The Balaban J connectivity index is 2.53. The molecule has 0 aliphatic carbocycles. The van der Waals surface area contributed by atoms with Crippen LogP contribution in [0.25, 0.3) is 0 Å². The van der Waals surface area contributed by atoms with Crippen LogP contribution in [0.2, 0.25) is 0 Å². The molecule has 6 nitrogen and oxygen atoms in total. The van der Waals surface area contributed by atoms with Crippen molar-refractivity contribution < 1.29 is 14.3 Å². The fourth-order valence-corrected chi connectivity index (χ4v) is 2.40. The van der Waals surface area contributed by atoms with Crippen LogP contribution in [0.1, 0.15) is 25.8 Å². The number of rotatable bonds is 7. The van der Waals surface area contributed by atoms with Crippen molar-refractivity contribution >= 4 is 27.9 Å². The molecule has 1 atom stereocenters. The van der Waals surface area contributed by atoms with E-state index in [-0.39, 0.29) is 18.5 Å². The van der Waals surface area contributed by atoms with Gasteiger partial charge in [0.25, 0.3) is 0 Å². The van der Waals surface area contributed by atoms with Crippen molar-refractivity contribution in [2.75, 3.05) is 20.7 Å². The predicted molar refractivity (Wildman–Crippen MR) is 93.5 cm³/mol. The number of urea groups is 1. The molecule has 0 saturated heterocycles. The molecule has 23 heavy (non-hydrogen) atoms. The Morgan fingerprint density at radius 1 is 1.39 bits per heavy atom. The van der Waals surface area contributed by atoms with Crippen molar-refractivity contribution in [2.24, 2.45) is 0 Å². The molecule has 0 aromatic heterocycles. The van der Waals surface area contributed by atoms with Crippen LogP contribution < -0.4 is 15.4 Å². The molecule has 0 saturated carbocycles. The molecule has 2 N–H and O–H groups in total. The van der Waals surface area contributed by atoms with Gasteiger partial charge in [0.1, 0.15) is 5.75 Å². The third-order valence-corrected chi connectivity index (χ3v) is 3.83. The van der Waals surface area contributed by atoms with Crippen LogP contribution in [-0.4, -0.2) is 43.6 Å². The monoisotopic (exact) mass is 385 g/mol. The van der Waals surface area contributed by atoms with E-state index < -0.39 is 6.03 Å². The summed E-state index contributed by atoms with van der Waals surface area (Å²) in [5.74, 6) is 0.414. The lowest BCUT2D eigenvalue weighted by Crippen LogP contribution is -2.46. The normalized spacial score (nSPS) is 11.9. The molecule has 0 aliphatic rings. The van der Waals surface area contributed by atoms with Gasteiger partial charge in [-0.3, -0.25) is 15.0 Å². The maximum absolute atomic E-state index is 11.9. The molecule has 1 aromatic rings. The molecule has 0 fully saturated rings. The number of hydrogen-bond donors (Lipinski definition) is 2. The van der Waals surface area contributed by atoms with Gasteiger partial charge in [0.05, 0.1) is 13.7 Å². The Bertz CT molecular complexity index is 551. The van der Waals surface area contributed by atoms with Crippen molar-refractivity contribution in [1.82, 2.24) is 15.5 Å². The van der Waals surface area contributed by atoms with E-state index in [9.17, 15) is 9.59 Å². The van der Waals surface area contributed by atoms with Gasteiger partial charge in [-0.1, -0.05) is 22.9 Å². The topological polar surface area (TPSA) is 70.7 Å². The van der Waals surface area contributed by atoms with Crippen molar-refractivity contribution in [2.45, 2.75) is 32.9 Å². The van der Waals surface area contributed by atoms with Gasteiger partial charge in [-0.05, 0) is 38.6 Å². The number of likely N-dealkylation sites (N-methyl/N-ethyl adjacent to an activating group) is 1. The van der Waals surface area contributed by atoms with Crippen LogP contribution in [0.3, 0.4) is 0 Å². The fourth-order valence-electron chi connectivity index (χ4n) is 1.99. The third kappa shape index (κ3) is 7.00. The minimum atomic E-state index is -0.460. The number of carbonyl (C=O) groups excluding carboxylic acids is 2. The number of imide groups is 1. The number of halogens is 1. The van der Waals surface area contributed by atoms with Gasteiger partial charge < -0.3 is 10.1 Å². The highest BCUT2D eigenvalue weighted by Crippen LogP contribution is 2.23. The minimum Gasteiger partial charge on any atom is -0.496 e. The number of carbonyl (C=O) groups is 2. The van der Waals surface area contributed by atoms with Gasteiger partial charge in [-0.2, -0.15) is 0 Å². The second-order valence-electron chi connectivity index (χ2n) is 5.46. The zero-order valence-electron chi connectivity index (χ0n) is 14.0. The molecule has 1 rings (SSSR count). The van der Waals surface area contributed by atoms with E-state index in [1.165, 1.54) is 0 Å². The van der Waals surface area contributed by atoms with Crippen molar-refractivity contribution in [3.05, 3.63) is 28.2 Å². The lowest BCUT2D eigenvalue weighted by Gasteiger charge is -2.18. The molecule has 128 valence electrons. The summed E-state index contributed by atoms with van der Waals surface area (Å²) in [5, 5.41) is 5.02. The van der Waals surface area contributed by atoms with Crippen LogP contribution in [-0.2, 0) is 11.3 Å². The first-order chi connectivity index (χ1) is 10.8. The van der Waals surface area contributed by atoms with Crippen LogP contribution in [0.15, 0.2) is 22.7 Å². The Hall–Kier alpha value is -1.60. The predicted octanol–water partition coefficient (Wildman–Crippen LogP) is 2.51. The van der Waals surface area contributed by atoms with E-state index in [1.807, 2.05) is 44.0 Å². The third-order valence-electron chi connectivity index (χ3n) is 3.34. The maximum Gasteiger partial charge on any atom is 0.321 e. The molecule has 0 spiro atoms. The summed E-state index contributed by atoms with van der Waals surface area (Å²) in [5.41, 5.74) is 0.959. The fraction of sp³-hybridized carbons (Fsp3) is 0.500. The highest BCUT2D eigenvalue weighted by Gasteiger charge is 2.13. The molecule has 3 amide bonds. The summed E-state index contributed by atoms with van der Waals surface area (Å²) in [6.45, 7) is 4.49. The van der Waals surface area contributed by atoms with Crippen LogP contribution in [0, 0.1) is 0 Å². The largest absolute Gasteiger partial charge is 0.496 e. The van der Waals surface area contributed by atoms with Crippen molar-refractivity contribution in [1.29, 1.82) is 0 Å². The summed E-state index contributed by atoms with van der Waals surface area (Å²) < 4.78 is 6.26. The van der Waals surface area contributed by atoms with Gasteiger partial charge in [0, 0.05) is 22.6 Å². The number of nitrogens with zero attached hydrogens (tertiary/aromatic N) is 1. The van der Waals surface area contributed by atoms with Crippen LogP contribution in [0.5, 0.6) is 5.75 Å². The van der Waals surface area contributed by atoms with Gasteiger partial charge >= 0.3 is 6.03 Å². The second kappa shape index (κ2) is 9.52. The second-order valence-corrected chi connectivity index (χ2v) is 6.38. The molecule has 0 heterocycles. The summed E-state index contributed by atoms with van der Waals surface area (Å²) in [4.78, 5) is 25.3. The molecule has 0 bridgehead atoms. The number of ether oxygens (including phenoxy) is 1. The first kappa shape index (κ1) is 19.4. The molecule has 1 aromatic carbocycles. The van der Waals surface area contributed by atoms with E-state index in [1.54, 1.807) is 7.11 Å². The highest BCUT2D eigenvalue weighted by molar-refractivity contribution is 9.10. The lowest BCUT2D eigenvalue weighted by molar-refractivity contribution is -0.121. The van der Waals surface area contributed by atoms with E-state index in [2.05, 4.69) is 26.6 Å². The molecular weight excluding hydrogens is 362 g/mol. The first-order valence-electron chi connectivity index (χ1n) is 7.47. The van der Waals surface area contributed by atoms with E-state index >= 15 is 0 Å². The Labute approximate surface area is 145 Å². The number of hydrogen-bond acceptors (Lipinski definition) is 4. The number of amides is 3. The lowest BCUT2D eigenvalue weighted by atomic mass is 10.2. The summed E-state index contributed by atoms with van der Waals surface area (Å²) in [7, 11) is 3.42. The van der Waals surface area contributed by atoms with Gasteiger partial charge in [-0.25, -0.2) is 4.79 Å². The van der Waals surface area contributed by atoms with Crippen molar-refractivity contribution in [3.63, 3.8) is 0 Å². The molecular formula is C16H24BrN3O3. The average molecular weight is 386 g/mol. The Morgan fingerprint density at radius 2 is 2.09 bits per heavy atom. The van der Waals surface area contributed by atoms with E-state index in [4.69, 9.17) is 4.74 Å². The maximum atomic E-state index is 11.9. The number of nitrogens with one attached hydrogen (secondary N) is 2. The van der Waals surface area contributed by atoms with Crippen LogP contribution >= 0.6 is 15.9 Å². The summed E-state index contributed by atoms with van der Waals surface area (Å²) in [6.07, 6.45) is 0.810. The summed E-state index contributed by atoms with van der Waals surface area (Å²) in [6, 6.07) is 5.29. The van der Waals surface area contributed by atoms with Crippen molar-refractivity contribution in [3.8, 4) is 5.75 Å². The zero-order chi connectivity index (χ0) is 17.4. The van der Waals surface area contributed by atoms with Crippen LogP contribution in [0.4, 0.5) is 4.79 Å². The minimum absolute atomic E-state index is 0.0338. The number of methoxy groups -OCH3 is 1. The Kier molecular flexibility index (Phi) is 8.05. The number of benzene rings is 1. The molecule has 0 unspecified atom stereocenters. The van der Waals surface area contributed by atoms with E-state index in [0.717, 1.165) is 22.2 Å². The molecule has 7 heteroatoms. The first-order valence-corrected chi connectivity index (χ1v) is 8.26. The summed E-state index contributed by atoms with van der Waals surface area (Å²) >= 11 is 3.42. The quantitative estimate of drug-likeness (QED) is 0.756. The zero-order valence-corrected chi connectivity index (χ0v) is 15.6. The van der Waals surface area contributed by atoms with E-state index in [0.29, 0.717) is 6.54 Å². The van der Waals surface area contributed by atoms with Gasteiger partial charge in [-0.15, -0.1) is 0 Å². The standard InChI is InChI=1S/C16H24BrN3O3/c1-5-11(2)18-16(22)19-15(21)10-20(3)9-12-8-13(17)6-7-14(12)23-4/h6-8,11H,5,9-10H2,1-4H3,(H2,18,19,21,22)/t11-/m0/s1. The SMILES string of the molecule is CC[C@H](C)NC(=O)NC(=O)CN(C)Cc1cc(Br)ccc1OC. The van der Waals surface area contributed by atoms with Gasteiger partial charge in [0.2, 0.25) is 5.91 Å². The average Bonchev–Trinajstić information content (AvgIpc) is 2.46. The van der Waals surface area contributed by atoms with Gasteiger partial charge in [0.15, 0.2) is 0 Å². The molecule has 0 aliphatic heterocycles.